The number of hydrogen-bond donors (Lipinski definition) is 1. The molecular weight excluding hydrogens is 392 g/mol. The van der Waals surface area contributed by atoms with Crippen LogP contribution in [0.1, 0.15) is 24.9 Å². The molecule has 1 amide bonds. The summed E-state index contributed by atoms with van der Waals surface area (Å²) in [6.45, 7) is 6.82. The highest BCUT2D eigenvalue weighted by Crippen LogP contribution is 2.36. The number of methoxy groups -OCH3 is 1. The molecule has 2 aromatic carbocycles. The zero-order valence-electron chi connectivity index (χ0n) is 17.7. The summed E-state index contributed by atoms with van der Waals surface area (Å²) in [5.74, 6) is 1.86. The molecule has 4 rings (SSSR count). The zero-order chi connectivity index (χ0) is 21.8. The van der Waals surface area contributed by atoms with Gasteiger partial charge in [-0.05, 0) is 24.6 Å². The third-order valence-electron chi connectivity index (χ3n) is 5.50. The van der Waals surface area contributed by atoms with E-state index in [1.54, 1.807) is 12.0 Å². The van der Waals surface area contributed by atoms with Gasteiger partial charge in [-0.2, -0.15) is 0 Å². The number of amides is 1. The Hall–Kier alpha value is -3.61. The fourth-order valence-electron chi connectivity index (χ4n) is 3.79. The van der Waals surface area contributed by atoms with Crippen molar-refractivity contribution in [3.63, 3.8) is 0 Å². The van der Waals surface area contributed by atoms with Crippen molar-refractivity contribution in [2.24, 2.45) is 0 Å². The Bertz CT molecular complexity index is 1090. The molecule has 7 heteroatoms. The van der Waals surface area contributed by atoms with Gasteiger partial charge >= 0.3 is 0 Å². The summed E-state index contributed by atoms with van der Waals surface area (Å²) in [6.07, 6.45) is 3.52. The van der Waals surface area contributed by atoms with E-state index in [0.29, 0.717) is 24.6 Å². The monoisotopic (exact) mass is 418 g/mol. The van der Waals surface area contributed by atoms with E-state index in [2.05, 4.69) is 40.9 Å². The van der Waals surface area contributed by atoms with Crippen LogP contribution in [0.2, 0.25) is 0 Å². The van der Waals surface area contributed by atoms with Crippen LogP contribution < -0.4 is 14.8 Å². The van der Waals surface area contributed by atoms with Crippen molar-refractivity contribution in [2.45, 2.75) is 25.5 Å². The number of aromatic nitrogens is 2. The number of ether oxygens (including phenoxy) is 2. The molecule has 0 saturated carbocycles. The minimum absolute atomic E-state index is 0.0686. The van der Waals surface area contributed by atoms with E-state index in [0.717, 1.165) is 28.7 Å². The van der Waals surface area contributed by atoms with Gasteiger partial charge in [-0.1, -0.05) is 36.9 Å². The second-order valence-electron chi connectivity index (χ2n) is 7.54. The number of carbonyl (C=O) groups is 1. The van der Waals surface area contributed by atoms with E-state index in [4.69, 9.17) is 9.47 Å². The van der Waals surface area contributed by atoms with Crippen LogP contribution in [0.15, 0.2) is 61.4 Å². The predicted molar refractivity (Wildman–Crippen MR) is 120 cm³/mol. The molecule has 2 heterocycles. The van der Waals surface area contributed by atoms with Crippen LogP contribution in [0.4, 0.5) is 5.82 Å². The third kappa shape index (κ3) is 4.45. The Balaban J connectivity index is 1.61. The average Bonchev–Trinajstić information content (AvgIpc) is 3.27. The van der Waals surface area contributed by atoms with E-state index in [1.165, 1.54) is 12.4 Å². The molecule has 1 aliphatic rings. The van der Waals surface area contributed by atoms with Gasteiger partial charge < -0.3 is 19.7 Å². The van der Waals surface area contributed by atoms with Gasteiger partial charge in [-0.3, -0.25) is 4.79 Å². The van der Waals surface area contributed by atoms with Gasteiger partial charge in [0.1, 0.15) is 18.2 Å². The van der Waals surface area contributed by atoms with Gasteiger partial charge in [0, 0.05) is 30.5 Å². The lowest BCUT2D eigenvalue weighted by atomic mass is 10.1. The van der Waals surface area contributed by atoms with Crippen molar-refractivity contribution in [3.8, 4) is 11.5 Å². The second-order valence-corrected chi connectivity index (χ2v) is 7.54. The topological polar surface area (TPSA) is 76.6 Å². The Morgan fingerprint density at radius 1 is 1.26 bits per heavy atom. The molecule has 1 fully saturated rings. The molecule has 1 saturated heterocycles. The van der Waals surface area contributed by atoms with Crippen molar-refractivity contribution in [1.82, 2.24) is 14.9 Å². The molecule has 1 aliphatic heterocycles. The maximum atomic E-state index is 11.9. The minimum Gasteiger partial charge on any atom is -0.493 e. The highest BCUT2D eigenvalue weighted by atomic mass is 16.5. The smallest absolute Gasteiger partial charge is 0.246 e. The van der Waals surface area contributed by atoms with Crippen LogP contribution in [0, 0.1) is 0 Å². The highest BCUT2D eigenvalue weighted by Gasteiger charge is 2.27. The average molecular weight is 418 g/mol. The predicted octanol–water partition coefficient (Wildman–Crippen LogP) is 3.98. The lowest BCUT2D eigenvalue weighted by molar-refractivity contribution is -0.125. The second kappa shape index (κ2) is 9.04. The van der Waals surface area contributed by atoms with E-state index in [1.807, 2.05) is 30.3 Å². The highest BCUT2D eigenvalue weighted by molar-refractivity contribution is 5.91. The molecule has 3 aromatic rings. The molecule has 0 unspecified atom stereocenters. The van der Waals surface area contributed by atoms with Crippen LogP contribution in [-0.4, -0.2) is 47.1 Å². The SMILES string of the molecule is C=CC(=O)N1CC[C@H](Oc2cc3c(N[C@H](C)c4ccccc4)ncnc3cc2OC)C1. The van der Waals surface area contributed by atoms with E-state index >= 15 is 0 Å². The van der Waals surface area contributed by atoms with Gasteiger partial charge in [0.2, 0.25) is 5.91 Å². The first kappa shape index (κ1) is 20.7. The quantitative estimate of drug-likeness (QED) is 0.585. The molecule has 160 valence electrons. The lowest BCUT2D eigenvalue weighted by Crippen LogP contribution is -2.29. The number of carbonyl (C=O) groups excluding carboxylic acids is 1. The molecule has 7 nitrogen and oxygen atoms in total. The molecular formula is C24H26N4O3. The number of rotatable bonds is 7. The van der Waals surface area contributed by atoms with E-state index in [-0.39, 0.29) is 18.1 Å². The summed E-state index contributed by atoms with van der Waals surface area (Å²) in [4.78, 5) is 22.5. The van der Waals surface area contributed by atoms with Crippen LogP contribution in [0.5, 0.6) is 11.5 Å². The standard InChI is InChI=1S/C24H26N4O3/c1-4-23(29)28-11-10-18(14-28)31-22-12-19-20(13-21(22)30-3)25-15-26-24(19)27-16(2)17-8-6-5-7-9-17/h4-9,12-13,15-16,18H,1,10-11,14H2,2-3H3,(H,25,26,27)/t16-,18+/m1/s1. The summed E-state index contributed by atoms with van der Waals surface area (Å²) < 4.78 is 11.8. The van der Waals surface area contributed by atoms with Crippen molar-refractivity contribution >= 4 is 22.6 Å². The molecule has 31 heavy (non-hydrogen) atoms. The van der Waals surface area contributed by atoms with Crippen LogP contribution in [0.25, 0.3) is 10.9 Å². The summed E-state index contributed by atoms with van der Waals surface area (Å²) in [5.41, 5.74) is 1.93. The van der Waals surface area contributed by atoms with Gasteiger partial charge in [0.15, 0.2) is 11.5 Å². The largest absolute Gasteiger partial charge is 0.493 e. The summed E-state index contributed by atoms with van der Waals surface area (Å²) in [5, 5.41) is 4.32. The third-order valence-corrected chi connectivity index (χ3v) is 5.50. The van der Waals surface area contributed by atoms with Crippen molar-refractivity contribution < 1.29 is 14.3 Å². The number of nitrogens with one attached hydrogen (secondary N) is 1. The maximum absolute atomic E-state index is 11.9. The minimum atomic E-state index is -0.112. The van der Waals surface area contributed by atoms with E-state index < -0.39 is 0 Å². The summed E-state index contributed by atoms with van der Waals surface area (Å²) >= 11 is 0. The number of hydrogen-bond acceptors (Lipinski definition) is 6. The Morgan fingerprint density at radius 3 is 2.81 bits per heavy atom. The van der Waals surface area contributed by atoms with Gasteiger partial charge in [-0.15, -0.1) is 0 Å². The molecule has 0 bridgehead atoms. The number of anilines is 1. The Morgan fingerprint density at radius 2 is 2.06 bits per heavy atom. The normalized spacial score (nSPS) is 16.7. The summed E-state index contributed by atoms with van der Waals surface area (Å²) in [6, 6.07) is 14.0. The lowest BCUT2D eigenvalue weighted by Gasteiger charge is -2.19. The fraction of sp³-hybridized carbons (Fsp3) is 0.292. The van der Waals surface area contributed by atoms with Gasteiger partial charge in [0.05, 0.1) is 19.2 Å². The van der Waals surface area contributed by atoms with Crippen molar-refractivity contribution in [3.05, 3.63) is 67.0 Å². The van der Waals surface area contributed by atoms with E-state index in [9.17, 15) is 4.79 Å². The number of nitrogens with zero attached hydrogens (tertiary/aromatic N) is 3. The first-order valence-corrected chi connectivity index (χ1v) is 10.3. The van der Waals surface area contributed by atoms with Crippen molar-refractivity contribution in [1.29, 1.82) is 0 Å². The van der Waals surface area contributed by atoms with Gasteiger partial charge in [-0.25, -0.2) is 9.97 Å². The first-order valence-electron chi connectivity index (χ1n) is 10.3. The van der Waals surface area contributed by atoms with Gasteiger partial charge in [0.25, 0.3) is 0 Å². The fourth-order valence-corrected chi connectivity index (χ4v) is 3.79. The zero-order valence-corrected chi connectivity index (χ0v) is 17.7. The number of likely N-dealkylation sites (tertiary alicyclic amines) is 1. The molecule has 0 aliphatic carbocycles. The van der Waals surface area contributed by atoms with Crippen LogP contribution >= 0.6 is 0 Å². The van der Waals surface area contributed by atoms with Crippen LogP contribution in [-0.2, 0) is 4.79 Å². The Labute approximate surface area is 181 Å². The molecule has 2 atom stereocenters. The summed E-state index contributed by atoms with van der Waals surface area (Å²) in [7, 11) is 1.61. The van der Waals surface area contributed by atoms with Crippen LogP contribution in [0.3, 0.4) is 0 Å². The number of benzene rings is 2. The molecule has 0 spiro atoms. The molecule has 1 N–H and O–H groups in total. The first-order chi connectivity index (χ1) is 15.1. The Kier molecular flexibility index (Phi) is 6.02. The maximum Gasteiger partial charge on any atom is 0.246 e. The van der Waals surface area contributed by atoms with Crippen molar-refractivity contribution in [2.75, 3.05) is 25.5 Å². The molecule has 1 aromatic heterocycles. The molecule has 0 radical (unpaired) electrons. The number of fused-ring (bicyclic) bond motifs is 1.